The summed E-state index contributed by atoms with van der Waals surface area (Å²) in [5, 5.41) is 3.56. The van der Waals surface area contributed by atoms with Crippen LogP contribution < -0.4 is 5.32 Å². The topological polar surface area (TPSA) is 24.9 Å². The summed E-state index contributed by atoms with van der Waals surface area (Å²) >= 11 is 1.77. The van der Waals surface area contributed by atoms with Gasteiger partial charge in [-0.3, -0.25) is 4.98 Å². The Morgan fingerprint density at radius 1 is 1.20 bits per heavy atom. The lowest BCUT2D eigenvalue weighted by Gasteiger charge is -2.15. The average Bonchev–Trinajstić information content (AvgIpc) is 2.53. The lowest BCUT2D eigenvalue weighted by Crippen LogP contribution is -2.19. The van der Waals surface area contributed by atoms with Crippen molar-refractivity contribution < 1.29 is 0 Å². The van der Waals surface area contributed by atoms with Crippen molar-refractivity contribution in [3.05, 3.63) is 59.4 Å². The van der Waals surface area contributed by atoms with Gasteiger partial charge in [0.15, 0.2) is 0 Å². The maximum atomic E-state index is 4.48. The molecular weight excluding hydrogens is 264 g/mol. The SMILES string of the molecule is CCc1cccnc1CNC(C)c1ccc(SC)cc1. The largest absolute Gasteiger partial charge is 0.305 e. The van der Waals surface area contributed by atoms with E-state index in [0.29, 0.717) is 6.04 Å². The van der Waals surface area contributed by atoms with Crippen LogP contribution >= 0.6 is 11.8 Å². The van der Waals surface area contributed by atoms with Gasteiger partial charge in [-0.2, -0.15) is 0 Å². The first-order valence-electron chi connectivity index (χ1n) is 7.04. The molecule has 1 atom stereocenters. The zero-order valence-electron chi connectivity index (χ0n) is 12.4. The van der Waals surface area contributed by atoms with Crippen molar-refractivity contribution in [2.45, 2.75) is 37.8 Å². The average molecular weight is 286 g/mol. The fraction of sp³-hybridized carbons (Fsp3) is 0.353. The summed E-state index contributed by atoms with van der Waals surface area (Å²) in [5.74, 6) is 0. The van der Waals surface area contributed by atoms with Crippen LogP contribution in [0.15, 0.2) is 47.5 Å². The fourth-order valence-electron chi connectivity index (χ4n) is 2.21. The highest BCUT2D eigenvalue weighted by atomic mass is 32.2. The van der Waals surface area contributed by atoms with Crippen molar-refractivity contribution in [1.29, 1.82) is 0 Å². The minimum absolute atomic E-state index is 0.331. The van der Waals surface area contributed by atoms with Gasteiger partial charge in [-0.15, -0.1) is 11.8 Å². The van der Waals surface area contributed by atoms with E-state index in [2.05, 4.69) is 60.7 Å². The Bertz CT molecular complexity index is 537. The first-order chi connectivity index (χ1) is 9.74. The molecule has 0 saturated carbocycles. The van der Waals surface area contributed by atoms with Crippen molar-refractivity contribution in [3.8, 4) is 0 Å². The highest BCUT2D eigenvalue weighted by molar-refractivity contribution is 7.98. The summed E-state index contributed by atoms with van der Waals surface area (Å²) in [6, 6.07) is 13.2. The minimum atomic E-state index is 0.331. The Kier molecular flexibility index (Phi) is 5.62. The molecule has 0 radical (unpaired) electrons. The predicted molar refractivity (Wildman–Crippen MR) is 87.1 cm³/mol. The summed E-state index contributed by atoms with van der Waals surface area (Å²) in [5.41, 5.74) is 3.80. The minimum Gasteiger partial charge on any atom is -0.305 e. The van der Waals surface area contributed by atoms with E-state index in [0.717, 1.165) is 18.7 Å². The molecule has 0 saturated heterocycles. The third kappa shape index (κ3) is 3.84. The third-order valence-electron chi connectivity index (χ3n) is 3.56. The Labute approximate surface area is 126 Å². The fourth-order valence-corrected chi connectivity index (χ4v) is 2.62. The first kappa shape index (κ1) is 15.1. The molecule has 0 amide bonds. The second-order valence-electron chi connectivity index (χ2n) is 4.84. The van der Waals surface area contributed by atoms with Gasteiger partial charge in [0.2, 0.25) is 0 Å². The van der Waals surface area contributed by atoms with Crippen LogP contribution in [0.4, 0.5) is 0 Å². The molecule has 3 heteroatoms. The van der Waals surface area contributed by atoms with Gasteiger partial charge in [-0.05, 0) is 48.9 Å². The van der Waals surface area contributed by atoms with Crippen LogP contribution in [-0.4, -0.2) is 11.2 Å². The number of nitrogens with zero attached hydrogens (tertiary/aromatic N) is 1. The van der Waals surface area contributed by atoms with Crippen LogP contribution in [0.2, 0.25) is 0 Å². The molecule has 0 bridgehead atoms. The second kappa shape index (κ2) is 7.46. The number of aryl methyl sites for hydroxylation is 1. The maximum Gasteiger partial charge on any atom is 0.0573 e. The predicted octanol–water partition coefficient (Wildman–Crippen LogP) is 4.22. The quantitative estimate of drug-likeness (QED) is 0.805. The third-order valence-corrected chi connectivity index (χ3v) is 4.30. The van der Waals surface area contributed by atoms with Crippen molar-refractivity contribution >= 4 is 11.8 Å². The van der Waals surface area contributed by atoms with E-state index >= 15 is 0 Å². The van der Waals surface area contributed by atoms with Crippen molar-refractivity contribution in [1.82, 2.24) is 10.3 Å². The smallest absolute Gasteiger partial charge is 0.0573 e. The molecule has 106 valence electrons. The van der Waals surface area contributed by atoms with Crippen molar-refractivity contribution in [2.24, 2.45) is 0 Å². The highest BCUT2D eigenvalue weighted by Gasteiger charge is 2.07. The molecule has 0 spiro atoms. The number of benzene rings is 1. The maximum absolute atomic E-state index is 4.48. The van der Waals surface area contributed by atoms with Gasteiger partial charge in [-0.1, -0.05) is 25.1 Å². The summed E-state index contributed by atoms with van der Waals surface area (Å²) in [4.78, 5) is 5.78. The number of aromatic nitrogens is 1. The van der Waals surface area contributed by atoms with E-state index in [1.165, 1.54) is 16.0 Å². The van der Waals surface area contributed by atoms with Gasteiger partial charge in [0.25, 0.3) is 0 Å². The molecule has 2 rings (SSSR count). The molecule has 0 aliphatic carbocycles. The van der Waals surface area contributed by atoms with Crippen molar-refractivity contribution in [3.63, 3.8) is 0 Å². The lowest BCUT2D eigenvalue weighted by molar-refractivity contribution is 0.565. The van der Waals surface area contributed by atoms with E-state index in [9.17, 15) is 0 Å². The monoisotopic (exact) mass is 286 g/mol. The molecule has 1 unspecified atom stereocenters. The van der Waals surface area contributed by atoms with Crippen LogP contribution in [0, 0.1) is 0 Å². The van der Waals surface area contributed by atoms with Gasteiger partial charge < -0.3 is 5.32 Å². The van der Waals surface area contributed by atoms with Crippen LogP contribution in [0.3, 0.4) is 0 Å². The van der Waals surface area contributed by atoms with E-state index in [1.807, 2.05) is 12.3 Å². The first-order valence-corrected chi connectivity index (χ1v) is 8.27. The summed E-state index contributed by atoms with van der Waals surface area (Å²) in [7, 11) is 0. The van der Waals surface area contributed by atoms with E-state index < -0.39 is 0 Å². The zero-order valence-corrected chi connectivity index (χ0v) is 13.2. The number of rotatable bonds is 6. The van der Waals surface area contributed by atoms with Gasteiger partial charge in [-0.25, -0.2) is 0 Å². The van der Waals surface area contributed by atoms with Crippen LogP contribution in [0.5, 0.6) is 0 Å². The molecule has 1 N–H and O–H groups in total. The van der Waals surface area contributed by atoms with E-state index in [-0.39, 0.29) is 0 Å². The number of pyridine rings is 1. The Morgan fingerprint density at radius 3 is 2.60 bits per heavy atom. The Hall–Kier alpha value is -1.32. The van der Waals surface area contributed by atoms with E-state index in [1.54, 1.807) is 11.8 Å². The van der Waals surface area contributed by atoms with Gasteiger partial charge in [0.1, 0.15) is 0 Å². The Morgan fingerprint density at radius 2 is 1.95 bits per heavy atom. The molecule has 1 aromatic heterocycles. The molecule has 2 aromatic rings. The van der Waals surface area contributed by atoms with Gasteiger partial charge >= 0.3 is 0 Å². The molecule has 0 aliphatic rings. The molecule has 1 aromatic carbocycles. The lowest BCUT2D eigenvalue weighted by atomic mass is 10.1. The number of hydrogen-bond donors (Lipinski definition) is 1. The van der Waals surface area contributed by atoms with Crippen molar-refractivity contribution in [2.75, 3.05) is 6.26 Å². The second-order valence-corrected chi connectivity index (χ2v) is 5.72. The highest BCUT2D eigenvalue weighted by Crippen LogP contribution is 2.19. The van der Waals surface area contributed by atoms with Gasteiger partial charge in [0, 0.05) is 23.7 Å². The summed E-state index contributed by atoms with van der Waals surface area (Å²) in [6.45, 7) is 5.18. The summed E-state index contributed by atoms with van der Waals surface area (Å²) in [6.07, 6.45) is 5.00. The standard InChI is InChI=1S/C17H22N2S/c1-4-14-6-5-11-18-17(14)12-19-13(2)15-7-9-16(20-3)10-8-15/h5-11,13,19H,4,12H2,1-3H3. The number of nitrogens with one attached hydrogen (secondary N) is 1. The zero-order chi connectivity index (χ0) is 14.4. The van der Waals surface area contributed by atoms with Crippen LogP contribution in [0.1, 0.15) is 36.7 Å². The molecule has 1 heterocycles. The van der Waals surface area contributed by atoms with Crippen LogP contribution in [-0.2, 0) is 13.0 Å². The number of hydrogen-bond acceptors (Lipinski definition) is 3. The summed E-state index contributed by atoms with van der Waals surface area (Å²) < 4.78 is 0. The molecule has 0 fully saturated rings. The van der Waals surface area contributed by atoms with Gasteiger partial charge in [0.05, 0.1) is 5.69 Å². The molecule has 20 heavy (non-hydrogen) atoms. The van der Waals surface area contributed by atoms with Crippen LogP contribution in [0.25, 0.3) is 0 Å². The number of thioether (sulfide) groups is 1. The Balaban J connectivity index is 1.98. The molecular formula is C17H22N2S. The molecule has 0 aliphatic heterocycles. The normalized spacial score (nSPS) is 12.3. The molecule has 2 nitrogen and oxygen atoms in total. The van der Waals surface area contributed by atoms with E-state index in [4.69, 9.17) is 0 Å².